The molecule has 1 atom stereocenters. The number of hydrogen-bond donors (Lipinski definition) is 2. The average Bonchev–Trinajstić information content (AvgIpc) is 2.60. The van der Waals surface area contributed by atoms with Crippen LogP contribution in [0.3, 0.4) is 0 Å². The Kier molecular flexibility index (Phi) is 9.44. The molecular weight excluding hydrogens is 430 g/mol. The summed E-state index contributed by atoms with van der Waals surface area (Å²) in [6.45, 7) is 1.33. The lowest BCUT2D eigenvalue weighted by atomic mass is 10.1. The highest BCUT2D eigenvalue weighted by atomic mass is 127. The molecule has 2 aromatic rings. The first-order valence-electron chi connectivity index (χ1n) is 8.00. The van der Waals surface area contributed by atoms with Gasteiger partial charge >= 0.3 is 0 Å². The Morgan fingerprint density at radius 2 is 1.68 bits per heavy atom. The van der Waals surface area contributed by atoms with Gasteiger partial charge in [0, 0.05) is 20.1 Å². The molecule has 0 saturated carbocycles. The fourth-order valence-electron chi connectivity index (χ4n) is 2.48. The van der Waals surface area contributed by atoms with E-state index in [1.165, 1.54) is 17.7 Å². The molecule has 0 amide bonds. The number of hydrogen-bond acceptors (Lipinski definition) is 2. The predicted octanol–water partition coefficient (Wildman–Crippen LogP) is 3.41. The van der Waals surface area contributed by atoms with E-state index in [9.17, 15) is 4.39 Å². The topological polar surface area (TPSA) is 39.7 Å². The molecule has 0 bridgehead atoms. The SMILES string of the molecule is CN=C(NCc1ccc(F)cc1)NCC(c1ccccc1)N(C)C.I. The molecule has 0 fully saturated rings. The van der Waals surface area contributed by atoms with E-state index in [-0.39, 0.29) is 35.8 Å². The van der Waals surface area contributed by atoms with Gasteiger partial charge in [0.15, 0.2) is 5.96 Å². The van der Waals surface area contributed by atoms with Gasteiger partial charge in [0.25, 0.3) is 0 Å². The predicted molar refractivity (Wildman–Crippen MR) is 113 cm³/mol. The molecule has 0 aliphatic carbocycles. The minimum atomic E-state index is -0.224. The molecule has 1 unspecified atom stereocenters. The number of nitrogens with zero attached hydrogens (tertiary/aromatic N) is 2. The Labute approximate surface area is 166 Å². The highest BCUT2D eigenvalue weighted by molar-refractivity contribution is 14.0. The fraction of sp³-hybridized carbons (Fsp3) is 0.316. The van der Waals surface area contributed by atoms with Gasteiger partial charge in [0.2, 0.25) is 0 Å². The van der Waals surface area contributed by atoms with E-state index in [0.717, 1.165) is 18.1 Å². The molecule has 0 saturated heterocycles. The largest absolute Gasteiger partial charge is 0.354 e. The lowest BCUT2D eigenvalue weighted by Gasteiger charge is -2.26. The second kappa shape index (κ2) is 11.0. The number of halogens is 2. The molecule has 25 heavy (non-hydrogen) atoms. The van der Waals surface area contributed by atoms with E-state index in [0.29, 0.717) is 6.54 Å². The van der Waals surface area contributed by atoms with Crippen molar-refractivity contribution in [1.29, 1.82) is 0 Å². The first kappa shape index (κ1) is 21.4. The third-order valence-corrected chi connectivity index (χ3v) is 3.87. The number of rotatable bonds is 6. The maximum absolute atomic E-state index is 12.9. The summed E-state index contributed by atoms with van der Waals surface area (Å²) in [7, 11) is 5.87. The van der Waals surface area contributed by atoms with E-state index >= 15 is 0 Å². The Bertz CT molecular complexity index is 644. The lowest BCUT2D eigenvalue weighted by Crippen LogP contribution is -2.41. The second-order valence-electron chi connectivity index (χ2n) is 5.82. The molecule has 136 valence electrons. The van der Waals surface area contributed by atoms with Gasteiger partial charge in [-0.1, -0.05) is 42.5 Å². The van der Waals surface area contributed by atoms with Crippen LogP contribution in [0.25, 0.3) is 0 Å². The van der Waals surface area contributed by atoms with Crippen molar-refractivity contribution in [3.05, 3.63) is 71.5 Å². The molecule has 6 heteroatoms. The van der Waals surface area contributed by atoms with E-state index in [1.54, 1.807) is 19.2 Å². The van der Waals surface area contributed by atoms with Gasteiger partial charge < -0.3 is 15.5 Å². The molecular formula is C19H26FIN4. The monoisotopic (exact) mass is 456 g/mol. The summed E-state index contributed by atoms with van der Waals surface area (Å²) in [5.74, 6) is 0.500. The highest BCUT2D eigenvalue weighted by Crippen LogP contribution is 2.16. The van der Waals surface area contributed by atoms with Crippen LogP contribution in [0, 0.1) is 5.82 Å². The van der Waals surface area contributed by atoms with Gasteiger partial charge in [-0.15, -0.1) is 24.0 Å². The molecule has 0 heterocycles. The molecule has 0 aliphatic heterocycles. The van der Waals surface area contributed by atoms with Crippen LogP contribution in [-0.4, -0.2) is 38.5 Å². The zero-order valence-corrected chi connectivity index (χ0v) is 17.2. The van der Waals surface area contributed by atoms with Gasteiger partial charge in [-0.3, -0.25) is 4.99 Å². The summed E-state index contributed by atoms with van der Waals surface area (Å²) in [4.78, 5) is 6.42. The van der Waals surface area contributed by atoms with Crippen LogP contribution in [0.15, 0.2) is 59.6 Å². The van der Waals surface area contributed by atoms with Crippen LogP contribution in [0.4, 0.5) is 4.39 Å². The summed E-state index contributed by atoms with van der Waals surface area (Å²) < 4.78 is 12.9. The van der Waals surface area contributed by atoms with Crippen molar-refractivity contribution in [2.24, 2.45) is 4.99 Å². The maximum atomic E-state index is 12.9. The molecule has 0 spiro atoms. The van der Waals surface area contributed by atoms with Crippen LogP contribution < -0.4 is 10.6 Å². The Balaban J connectivity index is 0.00000312. The van der Waals surface area contributed by atoms with Crippen LogP contribution in [-0.2, 0) is 6.54 Å². The number of guanidine groups is 1. The van der Waals surface area contributed by atoms with Gasteiger partial charge in [-0.2, -0.15) is 0 Å². The van der Waals surface area contributed by atoms with Crippen LogP contribution >= 0.6 is 24.0 Å². The molecule has 0 aromatic heterocycles. The van der Waals surface area contributed by atoms with Crippen molar-refractivity contribution < 1.29 is 4.39 Å². The van der Waals surface area contributed by atoms with Crippen molar-refractivity contribution in [3.63, 3.8) is 0 Å². The Hall–Kier alpha value is -1.67. The molecule has 2 aromatic carbocycles. The van der Waals surface area contributed by atoms with Crippen molar-refractivity contribution in [3.8, 4) is 0 Å². The highest BCUT2D eigenvalue weighted by Gasteiger charge is 2.14. The summed E-state index contributed by atoms with van der Waals surface area (Å²) in [6, 6.07) is 17.1. The minimum Gasteiger partial charge on any atom is -0.354 e. The third-order valence-electron chi connectivity index (χ3n) is 3.87. The first-order chi connectivity index (χ1) is 11.6. The van der Waals surface area contributed by atoms with Gasteiger partial charge in [0.05, 0.1) is 6.04 Å². The Morgan fingerprint density at radius 3 is 2.24 bits per heavy atom. The number of nitrogens with one attached hydrogen (secondary N) is 2. The molecule has 2 rings (SSSR count). The molecule has 0 aliphatic rings. The first-order valence-corrected chi connectivity index (χ1v) is 8.00. The fourth-order valence-corrected chi connectivity index (χ4v) is 2.48. The van der Waals surface area contributed by atoms with Crippen molar-refractivity contribution in [1.82, 2.24) is 15.5 Å². The van der Waals surface area contributed by atoms with E-state index < -0.39 is 0 Å². The zero-order chi connectivity index (χ0) is 17.4. The van der Waals surface area contributed by atoms with Crippen molar-refractivity contribution in [2.75, 3.05) is 27.7 Å². The quantitative estimate of drug-likeness (QED) is 0.398. The van der Waals surface area contributed by atoms with Crippen LogP contribution in [0.5, 0.6) is 0 Å². The van der Waals surface area contributed by atoms with Gasteiger partial charge in [0.1, 0.15) is 5.82 Å². The smallest absolute Gasteiger partial charge is 0.191 e. The summed E-state index contributed by atoms with van der Waals surface area (Å²) in [5.41, 5.74) is 2.26. The third kappa shape index (κ3) is 6.99. The second-order valence-corrected chi connectivity index (χ2v) is 5.82. The molecule has 4 nitrogen and oxygen atoms in total. The maximum Gasteiger partial charge on any atom is 0.191 e. The number of likely N-dealkylation sites (N-methyl/N-ethyl adjacent to an activating group) is 1. The number of benzene rings is 2. The number of aliphatic imine (C=N–C) groups is 1. The van der Waals surface area contributed by atoms with Crippen molar-refractivity contribution in [2.45, 2.75) is 12.6 Å². The molecule has 0 radical (unpaired) electrons. The summed E-state index contributed by atoms with van der Waals surface area (Å²) in [5, 5.41) is 6.60. The van der Waals surface area contributed by atoms with Crippen LogP contribution in [0.1, 0.15) is 17.2 Å². The summed E-state index contributed by atoms with van der Waals surface area (Å²) in [6.07, 6.45) is 0. The average molecular weight is 456 g/mol. The van der Waals surface area contributed by atoms with E-state index in [2.05, 4.69) is 46.8 Å². The standard InChI is InChI=1S/C19H25FN4.HI/c1-21-19(22-13-15-9-11-17(20)12-10-15)23-14-18(24(2)3)16-7-5-4-6-8-16;/h4-12,18H,13-14H2,1-3H3,(H2,21,22,23);1H. The molecule has 2 N–H and O–H groups in total. The van der Waals surface area contributed by atoms with Crippen molar-refractivity contribution >= 4 is 29.9 Å². The summed E-state index contributed by atoms with van der Waals surface area (Å²) >= 11 is 0. The van der Waals surface area contributed by atoms with E-state index in [4.69, 9.17) is 0 Å². The normalized spacial score (nSPS) is 12.4. The van der Waals surface area contributed by atoms with Gasteiger partial charge in [-0.05, 0) is 37.4 Å². The lowest BCUT2D eigenvalue weighted by molar-refractivity contribution is 0.298. The van der Waals surface area contributed by atoms with Crippen LogP contribution in [0.2, 0.25) is 0 Å². The van der Waals surface area contributed by atoms with Gasteiger partial charge in [-0.25, -0.2) is 4.39 Å². The zero-order valence-electron chi connectivity index (χ0n) is 14.9. The minimum absolute atomic E-state index is 0. The Morgan fingerprint density at radius 1 is 1.04 bits per heavy atom. The van der Waals surface area contributed by atoms with E-state index in [1.807, 2.05) is 18.2 Å².